The summed E-state index contributed by atoms with van der Waals surface area (Å²) in [5.74, 6) is -0.797. The van der Waals surface area contributed by atoms with E-state index in [9.17, 15) is 9.18 Å². The molecule has 1 aromatic carbocycles. The zero-order valence-corrected chi connectivity index (χ0v) is 11.4. The van der Waals surface area contributed by atoms with Crippen molar-refractivity contribution in [2.45, 2.75) is 0 Å². The summed E-state index contributed by atoms with van der Waals surface area (Å²) in [7, 11) is 1.33. The first-order valence-corrected chi connectivity index (χ1v) is 6.12. The number of anilines is 1. The van der Waals surface area contributed by atoms with Crippen LogP contribution in [0.25, 0.3) is 0 Å². The number of hydrogen-bond donors (Lipinski definition) is 2. The molecule has 0 spiro atoms. The maximum atomic E-state index is 13.5. The van der Waals surface area contributed by atoms with E-state index in [2.05, 4.69) is 22.2 Å². The third-order valence-corrected chi connectivity index (χ3v) is 2.60. The quantitative estimate of drug-likeness (QED) is 0.887. The molecule has 0 unspecified atom stereocenters. The molecule has 0 aliphatic heterocycles. The van der Waals surface area contributed by atoms with Crippen LogP contribution in [0.2, 0.25) is 0 Å². The van der Waals surface area contributed by atoms with Crippen molar-refractivity contribution in [3.63, 3.8) is 0 Å². The number of rotatable bonds is 5. The van der Waals surface area contributed by atoms with Crippen molar-refractivity contribution >= 4 is 11.6 Å². The van der Waals surface area contributed by atoms with Gasteiger partial charge in [0.15, 0.2) is 5.82 Å². The molecule has 0 radical (unpaired) electrons. The van der Waals surface area contributed by atoms with Crippen molar-refractivity contribution in [2.24, 2.45) is 0 Å². The van der Waals surface area contributed by atoms with Gasteiger partial charge in [-0.3, -0.25) is 4.79 Å². The number of pyridine rings is 1. The SMILES string of the molecule is C=C(NC(=O)c1ccccc1)Nc1cnc(OC)c(F)c1. The average molecular weight is 287 g/mol. The maximum Gasteiger partial charge on any atom is 0.256 e. The second-order valence-electron chi connectivity index (χ2n) is 4.14. The highest BCUT2D eigenvalue weighted by atomic mass is 19.1. The smallest absolute Gasteiger partial charge is 0.256 e. The Hall–Kier alpha value is -2.89. The van der Waals surface area contributed by atoms with Crippen LogP contribution in [0.1, 0.15) is 10.4 Å². The fraction of sp³-hybridized carbons (Fsp3) is 0.0667. The number of methoxy groups -OCH3 is 1. The lowest BCUT2D eigenvalue weighted by molar-refractivity contribution is 0.0966. The molecule has 1 aromatic heterocycles. The highest BCUT2D eigenvalue weighted by Crippen LogP contribution is 2.17. The molecule has 0 atom stereocenters. The molecule has 0 saturated carbocycles. The number of nitrogens with zero attached hydrogens (tertiary/aromatic N) is 1. The summed E-state index contributed by atoms with van der Waals surface area (Å²) in [5.41, 5.74) is 0.853. The van der Waals surface area contributed by atoms with Crippen LogP contribution < -0.4 is 15.4 Å². The molecule has 2 aromatic rings. The molecule has 1 heterocycles. The van der Waals surface area contributed by atoms with Gasteiger partial charge in [-0.25, -0.2) is 9.37 Å². The molecule has 6 heteroatoms. The third kappa shape index (κ3) is 3.79. The minimum Gasteiger partial charge on any atom is -0.479 e. The van der Waals surface area contributed by atoms with Crippen molar-refractivity contribution in [2.75, 3.05) is 12.4 Å². The second-order valence-corrected chi connectivity index (χ2v) is 4.14. The summed E-state index contributed by atoms with van der Waals surface area (Å²) in [6, 6.07) is 9.89. The minimum atomic E-state index is -0.607. The predicted octanol–water partition coefficient (Wildman–Crippen LogP) is 2.54. The number of ether oxygens (including phenoxy) is 1. The van der Waals surface area contributed by atoms with E-state index in [1.54, 1.807) is 24.3 Å². The number of carbonyl (C=O) groups excluding carboxylic acids is 1. The van der Waals surface area contributed by atoms with Gasteiger partial charge >= 0.3 is 0 Å². The molecule has 108 valence electrons. The Labute approximate surface area is 121 Å². The molecule has 5 nitrogen and oxygen atoms in total. The van der Waals surface area contributed by atoms with E-state index in [4.69, 9.17) is 4.74 Å². The summed E-state index contributed by atoms with van der Waals surface area (Å²) in [4.78, 5) is 15.7. The Balaban J connectivity index is 1.99. The summed E-state index contributed by atoms with van der Waals surface area (Å²) in [6.45, 7) is 3.66. The van der Waals surface area contributed by atoms with E-state index >= 15 is 0 Å². The standard InChI is InChI=1S/C15H14FN3O2/c1-10(19-14(20)11-6-4-3-5-7-11)18-12-8-13(16)15(21-2)17-9-12/h3-9,18H,1H2,2H3,(H,19,20). The average Bonchev–Trinajstić information content (AvgIpc) is 2.48. The molecule has 1 amide bonds. The van der Waals surface area contributed by atoms with Crippen molar-refractivity contribution in [3.8, 4) is 5.88 Å². The predicted molar refractivity (Wildman–Crippen MR) is 77.4 cm³/mol. The van der Waals surface area contributed by atoms with Gasteiger partial charge in [0.05, 0.1) is 19.0 Å². The molecule has 0 fully saturated rings. The van der Waals surface area contributed by atoms with Gasteiger partial charge in [-0.15, -0.1) is 0 Å². The number of hydrogen-bond acceptors (Lipinski definition) is 4. The third-order valence-electron chi connectivity index (χ3n) is 2.60. The second kappa shape index (κ2) is 6.51. The monoisotopic (exact) mass is 287 g/mol. The molecule has 0 bridgehead atoms. The van der Waals surface area contributed by atoms with Crippen LogP contribution in [0.5, 0.6) is 5.88 Å². The number of aromatic nitrogens is 1. The highest BCUT2D eigenvalue weighted by Gasteiger charge is 2.08. The van der Waals surface area contributed by atoms with Gasteiger partial charge in [-0.2, -0.15) is 0 Å². The van der Waals surface area contributed by atoms with E-state index in [-0.39, 0.29) is 17.6 Å². The minimum absolute atomic E-state index is 0.0977. The number of halogens is 1. The van der Waals surface area contributed by atoms with E-state index in [1.807, 2.05) is 6.07 Å². The number of benzene rings is 1. The zero-order chi connectivity index (χ0) is 15.2. The Morgan fingerprint density at radius 3 is 2.67 bits per heavy atom. The van der Waals surface area contributed by atoms with Gasteiger partial charge in [0, 0.05) is 11.6 Å². The van der Waals surface area contributed by atoms with Crippen molar-refractivity contribution in [1.29, 1.82) is 0 Å². The van der Waals surface area contributed by atoms with Crippen LogP contribution in [0.4, 0.5) is 10.1 Å². The molecule has 0 aliphatic rings. The first-order valence-electron chi connectivity index (χ1n) is 6.12. The fourth-order valence-electron chi connectivity index (χ4n) is 1.65. The number of nitrogens with one attached hydrogen (secondary N) is 2. The lowest BCUT2D eigenvalue weighted by Crippen LogP contribution is -2.26. The van der Waals surface area contributed by atoms with Crippen LogP contribution in [-0.2, 0) is 0 Å². The zero-order valence-electron chi connectivity index (χ0n) is 11.4. The topological polar surface area (TPSA) is 63.2 Å². The molecule has 21 heavy (non-hydrogen) atoms. The first kappa shape index (κ1) is 14.5. The normalized spacial score (nSPS) is 9.81. The van der Waals surface area contributed by atoms with Crippen LogP contribution in [0.3, 0.4) is 0 Å². The van der Waals surface area contributed by atoms with Crippen molar-refractivity contribution < 1.29 is 13.9 Å². The molecular weight excluding hydrogens is 273 g/mol. The summed E-state index contributed by atoms with van der Waals surface area (Å²) in [6.07, 6.45) is 1.38. The van der Waals surface area contributed by atoms with Gasteiger partial charge in [-0.05, 0) is 12.1 Å². The Morgan fingerprint density at radius 2 is 2.05 bits per heavy atom. The lowest BCUT2D eigenvalue weighted by Gasteiger charge is -2.11. The molecule has 0 saturated heterocycles. The van der Waals surface area contributed by atoms with Crippen LogP contribution >= 0.6 is 0 Å². The maximum absolute atomic E-state index is 13.5. The van der Waals surface area contributed by atoms with E-state index < -0.39 is 5.82 Å². The Bertz CT molecular complexity index is 659. The molecule has 0 aliphatic carbocycles. The van der Waals surface area contributed by atoms with Gasteiger partial charge in [-0.1, -0.05) is 24.8 Å². The first-order chi connectivity index (χ1) is 10.1. The van der Waals surface area contributed by atoms with Crippen LogP contribution in [0.15, 0.2) is 55.0 Å². The van der Waals surface area contributed by atoms with E-state index in [0.717, 1.165) is 0 Å². The van der Waals surface area contributed by atoms with Gasteiger partial charge in [0.1, 0.15) is 5.82 Å². The van der Waals surface area contributed by atoms with Crippen molar-refractivity contribution in [3.05, 3.63) is 66.4 Å². The molecule has 2 rings (SSSR count). The molecular formula is C15H14FN3O2. The number of amides is 1. The van der Waals surface area contributed by atoms with Gasteiger partial charge < -0.3 is 15.4 Å². The molecule has 2 N–H and O–H groups in total. The van der Waals surface area contributed by atoms with Gasteiger partial charge in [0.2, 0.25) is 5.88 Å². The summed E-state index contributed by atoms with van der Waals surface area (Å²) >= 11 is 0. The Morgan fingerprint density at radius 1 is 1.33 bits per heavy atom. The van der Waals surface area contributed by atoms with E-state index in [1.165, 1.54) is 19.4 Å². The van der Waals surface area contributed by atoms with E-state index in [0.29, 0.717) is 11.3 Å². The number of carbonyl (C=O) groups is 1. The van der Waals surface area contributed by atoms with Crippen molar-refractivity contribution in [1.82, 2.24) is 10.3 Å². The summed E-state index contributed by atoms with van der Waals surface area (Å²) in [5, 5.41) is 5.32. The van der Waals surface area contributed by atoms with Crippen LogP contribution in [0, 0.1) is 5.82 Å². The largest absolute Gasteiger partial charge is 0.479 e. The lowest BCUT2D eigenvalue weighted by atomic mass is 10.2. The highest BCUT2D eigenvalue weighted by molar-refractivity contribution is 5.95. The van der Waals surface area contributed by atoms with Gasteiger partial charge in [0.25, 0.3) is 5.91 Å². The summed E-state index contributed by atoms with van der Waals surface area (Å²) < 4.78 is 18.2. The van der Waals surface area contributed by atoms with Crippen LogP contribution in [-0.4, -0.2) is 18.0 Å². The Kier molecular flexibility index (Phi) is 4.50. The fourth-order valence-corrected chi connectivity index (χ4v) is 1.65.